The van der Waals surface area contributed by atoms with Crippen LogP contribution >= 0.6 is 15.9 Å². The molecule has 1 unspecified atom stereocenters. The molecular weight excluding hydrogens is 348 g/mol. The van der Waals surface area contributed by atoms with Gasteiger partial charge in [0.05, 0.1) is 11.8 Å². The van der Waals surface area contributed by atoms with Gasteiger partial charge < -0.3 is 10.4 Å². The summed E-state index contributed by atoms with van der Waals surface area (Å²) < 4.78 is 27.6. The highest BCUT2D eigenvalue weighted by molar-refractivity contribution is 9.10. The van der Waals surface area contributed by atoms with E-state index in [1.165, 1.54) is 0 Å². The zero-order chi connectivity index (χ0) is 15.7. The largest absolute Gasteiger partial charge is 0.481 e. The normalized spacial score (nSPS) is 24.9. The number of rotatable bonds is 3. The number of aliphatic carboxylic acids is 1. The molecule has 21 heavy (non-hydrogen) atoms. The van der Waals surface area contributed by atoms with Crippen LogP contribution in [-0.4, -0.2) is 17.0 Å². The zero-order valence-corrected chi connectivity index (χ0v) is 12.8. The second-order valence-corrected chi connectivity index (χ2v) is 6.28. The Hall–Kier alpha value is -1.50. The third-order valence-corrected chi connectivity index (χ3v) is 4.17. The Labute approximate surface area is 128 Å². The van der Waals surface area contributed by atoms with Crippen LogP contribution in [0.3, 0.4) is 0 Å². The van der Waals surface area contributed by atoms with E-state index in [1.54, 1.807) is 0 Å². The summed E-state index contributed by atoms with van der Waals surface area (Å²) in [6.07, 6.45) is 0.779. The van der Waals surface area contributed by atoms with Crippen molar-refractivity contribution in [2.45, 2.75) is 19.8 Å². The van der Waals surface area contributed by atoms with Gasteiger partial charge in [0.15, 0.2) is 11.6 Å². The first-order valence-corrected chi connectivity index (χ1v) is 7.27. The lowest BCUT2D eigenvalue weighted by Gasteiger charge is -2.16. The maximum absolute atomic E-state index is 13.7. The quantitative estimate of drug-likeness (QED) is 0.866. The molecule has 0 spiro atoms. The molecule has 1 aromatic carbocycles. The third-order valence-electron chi connectivity index (χ3n) is 3.71. The first kappa shape index (κ1) is 15.9. The van der Waals surface area contributed by atoms with Crippen molar-refractivity contribution in [2.24, 2.45) is 17.8 Å². The average Bonchev–Trinajstić information content (AvgIpc) is 2.76. The Morgan fingerprint density at radius 3 is 2.29 bits per heavy atom. The summed E-state index contributed by atoms with van der Waals surface area (Å²) in [5, 5.41) is 11.3. The number of carbonyl (C=O) groups excluding carboxylic acids is 1. The second kappa shape index (κ2) is 6.09. The molecule has 1 aliphatic rings. The van der Waals surface area contributed by atoms with E-state index in [4.69, 9.17) is 5.11 Å². The van der Waals surface area contributed by atoms with E-state index in [1.807, 2.05) is 6.92 Å². The fourth-order valence-electron chi connectivity index (χ4n) is 2.73. The Morgan fingerprint density at radius 1 is 1.24 bits per heavy atom. The highest BCUT2D eigenvalue weighted by atomic mass is 79.9. The highest BCUT2D eigenvalue weighted by Gasteiger charge is 2.41. The molecule has 1 aromatic rings. The van der Waals surface area contributed by atoms with Gasteiger partial charge in [-0.25, -0.2) is 8.78 Å². The standard InChI is InChI=1S/C14H14BrF2NO3/c1-6-2-8(9(3-6)14(20)21)13(19)18-12-10(16)4-7(15)5-11(12)17/h4-6,8-9H,2-3H2,1H3,(H,18,19)(H,20,21)/t6?,8-,9+/m0/s1. The number of nitrogens with one attached hydrogen (secondary N) is 1. The zero-order valence-electron chi connectivity index (χ0n) is 11.2. The molecule has 2 rings (SSSR count). The summed E-state index contributed by atoms with van der Waals surface area (Å²) in [6.45, 7) is 1.85. The SMILES string of the molecule is CC1C[C@H](C(=O)Nc2c(F)cc(Br)cc2F)[C@H](C(=O)O)C1. The van der Waals surface area contributed by atoms with Crippen molar-refractivity contribution in [3.05, 3.63) is 28.2 Å². The van der Waals surface area contributed by atoms with Crippen LogP contribution in [0.2, 0.25) is 0 Å². The van der Waals surface area contributed by atoms with E-state index in [-0.39, 0.29) is 10.4 Å². The van der Waals surface area contributed by atoms with Crippen LogP contribution in [0, 0.1) is 29.4 Å². The predicted octanol–water partition coefficient (Wildman–Crippen LogP) is 3.41. The van der Waals surface area contributed by atoms with Gasteiger partial charge in [0, 0.05) is 4.47 Å². The van der Waals surface area contributed by atoms with E-state index in [9.17, 15) is 18.4 Å². The van der Waals surface area contributed by atoms with Gasteiger partial charge in [0.1, 0.15) is 5.69 Å². The minimum Gasteiger partial charge on any atom is -0.481 e. The molecule has 0 aromatic heterocycles. The van der Waals surface area contributed by atoms with Gasteiger partial charge in [-0.05, 0) is 30.9 Å². The molecule has 0 aliphatic heterocycles. The molecule has 0 heterocycles. The molecule has 1 saturated carbocycles. The van der Waals surface area contributed by atoms with Crippen LogP contribution in [0.1, 0.15) is 19.8 Å². The first-order valence-electron chi connectivity index (χ1n) is 6.47. The number of anilines is 1. The number of carboxylic acids is 1. The molecule has 7 heteroatoms. The summed E-state index contributed by atoms with van der Waals surface area (Å²) in [6, 6.07) is 2.06. The lowest BCUT2D eigenvalue weighted by atomic mass is 9.95. The summed E-state index contributed by atoms with van der Waals surface area (Å²) in [4.78, 5) is 23.3. The molecular formula is C14H14BrF2NO3. The fraction of sp³-hybridized carbons (Fsp3) is 0.429. The Morgan fingerprint density at radius 2 is 1.76 bits per heavy atom. The third kappa shape index (κ3) is 3.40. The lowest BCUT2D eigenvalue weighted by Crippen LogP contribution is -2.30. The summed E-state index contributed by atoms with van der Waals surface area (Å²) >= 11 is 2.95. The molecule has 1 aliphatic carbocycles. The number of hydrogen-bond acceptors (Lipinski definition) is 2. The van der Waals surface area contributed by atoms with Crippen molar-refractivity contribution in [2.75, 3.05) is 5.32 Å². The van der Waals surface area contributed by atoms with Crippen molar-refractivity contribution in [3.8, 4) is 0 Å². The van der Waals surface area contributed by atoms with Crippen LogP contribution in [0.15, 0.2) is 16.6 Å². The molecule has 1 amide bonds. The van der Waals surface area contributed by atoms with Gasteiger partial charge in [0.25, 0.3) is 0 Å². The monoisotopic (exact) mass is 361 g/mol. The van der Waals surface area contributed by atoms with Crippen LogP contribution in [0.25, 0.3) is 0 Å². The van der Waals surface area contributed by atoms with Gasteiger partial charge >= 0.3 is 5.97 Å². The molecule has 0 saturated heterocycles. The summed E-state index contributed by atoms with van der Waals surface area (Å²) in [7, 11) is 0. The van der Waals surface area contributed by atoms with E-state index < -0.39 is 41.0 Å². The van der Waals surface area contributed by atoms with Gasteiger partial charge in [0.2, 0.25) is 5.91 Å². The first-order chi connectivity index (χ1) is 9.79. The van der Waals surface area contributed by atoms with Crippen LogP contribution in [-0.2, 0) is 9.59 Å². The fourth-order valence-corrected chi connectivity index (χ4v) is 3.13. The molecule has 2 N–H and O–H groups in total. The number of carbonyl (C=O) groups is 2. The van der Waals surface area contributed by atoms with Crippen molar-refractivity contribution in [3.63, 3.8) is 0 Å². The summed E-state index contributed by atoms with van der Waals surface area (Å²) in [5.74, 6) is -5.05. The summed E-state index contributed by atoms with van der Waals surface area (Å²) in [5.41, 5.74) is -0.549. The number of amides is 1. The van der Waals surface area contributed by atoms with Crippen molar-refractivity contribution < 1.29 is 23.5 Å². The minimum absolute atomic E-state index is 0.0847. The number of halogens is 3. The molecule has 3 atom stereocenters. The van der Waals surface area contributed by atoms with Crippen LogP contribution in [0.5, 0.6) is 0 Å². The van der Waals surface area contributed by atoms with Crippen LogP contribution in [0.4, 0.5) is 14.5 Å². The Kier molecular flexibility index (Phi) is 4.61. The Bertz CT molecular complexity index is 571. The predicted molar refractivity (Wildman–Crippen MR) is 75.7 cm³/mol. The van der Waals surface area contributed by atoms with Gasteiger partial charge in [-0.1, -0.05) is 22.9 Å². The molecule has 0 radical (unpaired) electrons. The van der Waals surface area contributed by atoms with Crippen LogP contribution < -0.4 is 5.32 Å². The average molecular weight is 362 g/mol. The molecule has 0 bridgehead atoms. The van der Waals surface area contributed by atoms with Gasteiger partial charge in [-0.15, -0.1) is 0 Å². The minimum atomic E-state index is -1.06. The van der Waals surface area contributed by atoms with Crippen molar-refractivity contribution in [1.82, 2.24) is 0 Å². The van der Waals surface area contributed by atoms with E-state index in [2.05, 4.69) is 21.2 Å². The van der Waals surface area contributed by atoms with Gasteiger partial charge in [-0.3, -0.25) is 9.59 Å². The maximum Gasteiger partial charge on any atom is 0.307 e. The lowest BCUT2D eigenvalue weighted by molar-refractivity contribution is -0.145. The number of hydrogen-bond donors (Lipinski definition) is 2. The Balaban J connectivity index is 2.20. The van der Waals surface area contributed by atoms with E-state index in [0.717, 1.165) is 12.1 Å². The topological polar surface area (TPSA) is 66.4 Å². The van der Waals surface area contributed by atoms with Gasteiger partial charge in [-0.2, -0.15) is 0 Å². The van der Waals surface area contributed by atoms with Crippen molar-refractivity contribution >= 4 is 33.5 Å². The molecule has 114 valence electrons. The smallest absolute Gasteiger partial charge is 0.307 e. The highest BCUT2D eigenvalue weighted by Crippen LogP contribution is 2.37. The van der Waals surface area contributed by atoms with E-state index in [0.29, 0.717) is 12.8 Å². The molecule has 4 nitrogen and oxygen atoms in total. The van der Waals surface area contributed by atoms with Crippen molar-refractivity contribution in [1.29, 1.82) is 0 Å². The number of carboxylic acid groups (broad SMARTS) is 1. The number of benzene rings is 1. The van der Waals surface area contributed by atoms with E-state index >= 15 is 0 Å². The second-order valence-electron chi connectivity index (χ2n) is 5.36. The maximum atomic E-state index is 13.7. The molecule has 1 fully saturated rings.